The van der Waals surface area contributed by atoms with Crippen molar-refractivity contribution >= 4 is 10.0 Å². The molecule has 0 amide bonds. The van der Waals surface area contributed by atoms with E-state index in [2.05, 4.69) is 4.72 Å². The zero-order valence-electron chi connectivity index (χ0n) is 9.27. The second kappa shape index (κ2) is 4.40. The molecule has 1 rings (SSSR count). The molecule has 16 heavy (non-hydrogen) atoms. The lowest BCUT2D eigenvalue weighted by molar-refractivity contribution is 0.474. The molecular weight excluding hydrogens is 228 g/mol. The van der Waals surface area contributed by atoms with Crippen molar-refractivity contribution in [3.8, 4) is 5.75 Å². The van der Waals surface area contributed by atoms with Crippen LogP contribution in [-0.4, -0.2) is 25.6 Å². The van der Waals surface area contributed by atoms with Crippen molar-refractivity contribution in [3.05, 3.63) is 24.3 Å². The first kappa shape index (κ1) is 13.0. The summed E-state index contributed by atoms with van der Waals surface area (Å²) < 4.78 is 25.9. The SMILES string of the molecule is CC(C)(N)CNS(=O)(=O)c1ccc(O)cc1. The van der Waals surface area contributed by atoms with Gasteiger partial charge in [0.25, 0.3) is 0 Å². The van der Waals surface area contributed by atoms with Crippen molar-refractivity contribution in [3.63, 3.8) is 0 Å². The van der Waals surface area contributed by atoms with Crippen LogP contribution in [0.1, 0.15) is 13.8 Å². The maximum absolute atomic E-state index is 11.7. The summed E-state index contributed by atoms with van der Waals surface area (Å²) in [5.41, 5.74) is 5.07. The number of phenolic OH excluding ortho intramolecular Hbond substituents is 1. The second-order valence-electron chi connectivity index (χ2n) is 4.31. The Morgan fingerprint density at radius 2 is 1.81 bits per heavy atom. The summed E-state index contributed by atoms with van der Waals surface area (Å²) >= 11 is 0. The molecule has 90 valence electrons. The third-order valence-corrected chi connectivity index (χ3v) is 3.28. The van der Waals surface area contributed by atoms with Crippen LogP contribution in [0.2, 0.25) is 0 Å². The van der Waals surface area contributed by atoms with E-state index in [0.29, 0.717) is 0 Å². The number of rotatable bonds is 4. The van der Waals surface area contributed by atoms with Crippen LogP contribution in [0, 0.1) is 0 Å². The van der Waals surface area contributed by atoms with Crippen LogP contribution in [0.25, 0.3) is 0 Å². The number of phenols is 1. The van der Waals surface area contributed by atoms with E-state index in [0.717, 1.165) is 0 Å². The number of nitrogens with two attached hydrogens (primary N) is 1. The highest BCUT2D eigenvalue weighted by Gasteiger charge is 2.18. The number of benzene rings is 1. The molecule has 0 saturated carbocycles. The van der Waals surface area contributed by atoms with E-state index in [1.54, 1.807) is 13.8 Å². The highest BCUT2D eigenvalue weighted by atomic mass is 32.2. The van der Waals surface area contributed by atoms with Gasteiger partial charge in [-0.2, -0.15) is 0 Å². The Morgan fingerprint density at radius 1 is 1.31 bits per heavy atom. The fraction of sp³-hybridized carbons (Fsp3) is 0.400. The van der Waals surface area contributed by atoms with E-state index in [1.165, 1.54) is 24.3 Å². The van der Waals surface area contributed by atoms with E-state index in [9.17, 15) is 8.42 Å². The van der Waals surface area contributed by atoms with E-state index >= 15 is 0 Å². The predicted molar refractivity (Wildman–Crippen MR) is 61.6 cm³/mol. The molecule has 6 heteroatoms. The zero-order chi connectivity index (χ0) is 12.4. The van der Waals surface area contributed by atoms with Crippen molar-refractivity contribution in [2.45, 2.75) is 24.3 Å². The summed E-state index contributed by atoms with van der Waals surface area (Å²) in [4.78, 5) is 0.106. The molecule has 0 unspecified atom stereocenters. The first-order valence-electron chi connectivity index (χ1n) is 4.78. The molecule has 1 aromatic rings. The fourth-order valence-electron chi connectivity index (χ4n) is 0.990. The van der Waals surface area contributed by atoms with Gasteiger partial charge in [-0.15, -0.1) is 0 Å². The third-order valence-electron chi connectivity index (χ3n) is 1.86. The maximum Gasteiger partial charge on any atom is 0.240 e. The molecule has 0 radical (unpaired) electrons. The largest absolute Gasteiger partial charge is 0.508 e. The molecule has 0 spiro atoms. The molecule has 0 fully saturated rings. The minimum absolute atomic E-state index is 0.0260. The van der Waals surface area contributed by atoms with Gasteiger partial charge >= 0.3 is 0 Å². The van der Waals surface area contributed by atoms with E-state index in [1.807, 2.05) is 0 Å². The molecular formula is C10H16N2O3S. The molecule has 0 heterocycles. The van der Waals surface area contributed by atoms with Gasteiger partial charge in [0.05, 0.1) is 4.90 Å². The first-order valence-corrected chi connectivity index (χ1v) is 6.27. The molecule has 0 aliphatic heterocycles. The molecule has 0 atom stereocenters. The Hall–Kier alpha value is -1.11. The maximum atomic E-state index is 11.7. The molecule has 4 N–H and O–H groups in total. The first-order chi connectivity index (χ1) is 7.21. The Morgan fingerprint density at radius 3 is 2.25 bits per heavy atom. The summed E-state index contributed by atoms with van der Waals surface area (Å²) in [6, 6.07) is 5.31. The van der Waals surface area contributed by atoms with Gasteiger partial charge in [-0.1, -0.05) is 0 Å². The minimum Gasteiger partial charge on any atom is -0.508 e. The van der Waals surface area contributed by atoms with Crippen molar-refractivity contribution in [2.24, 2.45) is 5.73 Å². The topological polar surface area (TPSA) is 92.4 Å². The Labute approximate surface area is 95.3 Å². The van der Waals surface area contributed by atoms with Crippen LogP contribution in [0.3, 0.4) is 0 Å². The lowest BCUT2D eigenvalue weighted by Crippen LogP contribution is -2.45. The molecule has 5 nitrogen and oxygen atoms in total. The molecule has 1 aromatic carbocycles. The summed E-state index contributed by atoms with van der Waals surface area (Å²) in [5.74, 6) is 0.0260. The predicted octanol–water partition coefficient (Wildman–Crippen LogP) is 0.408. The van der Waals surface area contributed by atoms with Gasteiger partial charge in [-0.25, -0.2) is 13.1 Å². The van der Waals surface area contributed by atoms with Crippen LogP contribution >= 0.6 is 0 Å². The van der Waals surface area contributed by atoms with Crippen LogP contribution in [0.4, 0.5) is 0 Å². The summed E-state index contributed by atoms with van der Waals surface area (Å²) in [6.45, 7) is 3.61. The lowest BCUT2D eigenvalue weighted by atomic mass is 10.1. The van der Waals surface area contributed by atoms with Gasteiger partial charge in [-0.3, -0.25) is 0 Å². The van der Waals surface area contributed by atoms with E-state index in [4.69, 9.17) is 10.8 Å². The molecule has 0 saturated heterocycles. The van der Waals surface area contributed by atoms with Crippen molar-refractivity contribution in [1.82, 2.24) is 4.72 Å². The number of hydrogen-bond donors (Lipinski definition) is 3. The summed E-state index contributed by atoms with van der Waals surface area (Å²) in [5, 5.41) is 9.05. The van der Waals surface area contributed by atoms with E-state index in [-0.39, 0.29) is 17.2 Å². The van der Waals surface area contributed by atoms with Crippen LogP contribution in [0.5, 0.6) is 5.75 Å². The average Bonchev–Trinajstić information content (AvgIpc) is 2.15. The number of nitrogens with one attached hydrogen (secondary N) is 1. The number of aromatic hydroxyl groups is 1. The Balaban J connectivity index is 2.83. The fourth-order valence-corrected chi connectivity index (χ4v) is 2.21. The summed E-state index contributed by atoms with van der Waals surface area (Å²) in [6.07, 6.45) is 0. The van der Waals surface area contributed by atoms with Crippen molar-refractivity contribution in [1.29, 1.82) is 0 Å². The van der Waals surface area contributed by atoms with Crippen molar-refractivity contribution in [2.75, 3.05) is 6.54 Å². The molecule has 0 aromatic heterocycles. The minimum atomic E-state index is -3.55. The van der Waals surface area contributed by atoms with Gasteiger partial charge in [0.15, 0.2) is 0 Å². The Kier molecular flexibility index (Phi) is 3.57. The highest BCUT2D eigenvalue weighted by molar-refractivity contribution is 7.89. The lowest BCUT2D eigenvalue weighted by Gasteiger charge is -2.18. The van der Waals surface area contributed by atoms with Crippen LogP contribution in [-0.2, 0) is 10.0 Å². The standard InChI is InChI=1S/C10H16N2O3S/c1-10(2,11)7-12-16(14,15)9-5-3-8(13)4-6-9/h3-6,12-13H,7,11H2,1-2H3. The molecule has 0 aliphatic carbocycles. The van der Waals surface area contributed by atoms with Crippen LogP contribution in [0.15, 0.2) is 29.2 Å². The number of sulfonamides is 1. The van der Waals surface area contributed by atoms with Crippen molar-refractivity contribution < 1.29 is 13.5 Å². The summed E-state index contributed by atoms with van der Waals surface area (Å²) in [7, 11) is -3.55. The normalized spacial score (nSPS) is 12.7. The molecule has 0 bridgehead atoms. The Bertz CT molecular complexity index is 446. The average molecular weight is 244 g/mol. The number of hydrogen-bond acceptors (Lipinski definition) is 4. The van der Waals surface area contributed by atoms with Gasteiger partial charge in [0.2, 0.25) is 10.0 Å². The van der Waals surface area contributed by atoms with Gasteiger partial charge in [0, 0.05) is 12.1 Å². The van der Waals surface area contributed by atoms with Crippen LogP contribution < -0.4 is 10.5 Å². The second-order valence-corrected chi connectivity index (χ2v) is 6.07. The van der Waals surface area contributed by atoms with E-state index < -0.39 is 15.6 Å². The quantitative estimate of drug-likeness (QED) is 0.715. The third kappa shape index (κ3) is 3.80. The zero-order valence-corrected chi connectivity index (χ0v) is 10.1. The smallest absolute Gasteiger partial charge is 0.240 e. The van der Waals surface area contributed by atoms with Gasteiger partial charge in [-0.05, 0) is 38.1 Å². The monoisotopic (exact) mass is 244 g/mol. The molecule has 0 aliphatic rings. The highest BCUT2D eigenvalue weighted by Crippen LogP contribution is 2.14. The van der Waals surface area contributed by atoms with Gasteiger partial charge in [0.1, 0.15) is 5.75 Å². The van der Waals surface area contributed by atoms with Gasteiger partial charge < -0.3 is 10.8 Å².